The highest BCUT2D eigenvalue weighted by molar-refractivity contribution is 4.87. The molecule has 1 fully saturated rings. The van der Waals surface area contributed by atoms with Crippen LogP contribution in [0.3, 0.4) is 0 Å². The molecule has 2 atom stereocenters. The van der Waals surface area contributed by atoms with Gasteiger partial charge < -0.3 is 10.1 Å². The lowest BCUT2D eigenvalue weighted by Crippen LogP contribution is -2.56. The van der Waals surface area contributed by atoms with E-state index >= 15 is 0 Å². The number of hydrogen-bond donors (Lipinski definition) is 1. The van der Waals surface area contributed by atoms with Crippen LogP contribution in [0, 0.1) is 5.92 Å². The second-order valence-electron chi connectivity index (χ2n) is 5.76. The summed E-state index contributed by atoms with van der Waals surface area (Å²) in [6.07, 6.45) is 4.94. The van der Waals surface area contributed by atoms with Gasteiger partial charge in [0, 0.05) is 25.2 Å². The average molecular weight is 270 g/mol. The van der Waals surface area contributed by atoms with Gasteiger partial charge in [-0.05, 0) is 31.8 Å². The third-order valence-corrected chi connectivity index (χ3v) is 4.51. The first-order valence-corrected chi connectivity index (χ1v) is 8.31. The maximum Gasteiger partial charge on any atom is 0.0637 e. The third-order valence-electron chi connectivity index (χ3n) is 4.51. The molecule has 0 bridgehead atoms. The Kier molecular flexibility index (Phi) is 8.67. The lowest BCUT2D eigenvalue weighted by atomic mass is 9.97. The minimum Gasteiger partial charge on any atom is -0.380 e. The van der Waals surface area contributed by atoms with E-state index in [9.17, 15) is 0 Å². The summed E-state index contributed by atoms with van der Waals surface area (Å²) in [7, 11) is 0. The zero-order chi connectivity index (χ0) is 14.1. The molecule has 1 aliphatic heterocycles. The first-order valence-electron chi connectivity index (χ1n) is 8.31. The van der Waals surface area contributed by atoms with E-state index in [0.29, 0.717) is 12.1 Å². The molecular formula is C16H34N2O. The van der Waals surface area contributed by atoms with Crippen LogP contribution in [0.4, 0.5) is 0 Å². The molecule has 3 heteroatoms. The summed E-state index contributed by atoms with van der Waals surface area (Å²) in [5, 5.41) is 3.72. The molecule has 19 heavy (non-hydrogen) atoms. The van der Waals surface area contributed by atoms with Crippen LogP contribution < -0.4 is 5.32 Å². The largest absolute Gasteiger partial charge is 0.380 e. The zero-order valence-electron chi connectivity index (χ0n) is 13.5. The predicted octanol–water partition coefficient (Wildman–Crippen LogP) is 2.90. The fourth-order valence-corrected chi connectivity index (χ4v) is 3.03. The summed E-state index contributed by atoms with van der Waals surface area (Å²) in [6, 6.07) is 1.17. The van der Waals surface area contributed by atoms with E-state index in [-0.39, 0.29) is 0 Å². The normalized spacial score (nSPS) is 24.3. The average Bonchev–Trinajstić information content (AvgIpc) is 2.47. The van der Waals surface area contributed by atoms with Crippen molar-refractivity contribution >= 4 is 0 Å². The van der Waals surface area contributed by atoms with Gasteiger partial charge in [-0.3, -0.25) is 4.90 Å². The molecule has 0 aromatic carbocycles. The van der Waals surface area contributed by atoms with Crippen LogP contribution in [0.1, 0.15) is 53.4 Å². The van der Waals surface area contributed by atoms with E-state index in [1.54, 1.807) is 0 Å². The lowest BCUT2D eigenvalue weighted by molar-refractivity contribution is -0.00694. The van der Waals surface area contributed by atoms with Crippen molar-refractivity contribution < 1.29 is 4.74 Å². The third kappa shape index (κ3) is 5.41. The maximum absolute atomic E-state index is 5.74. The molecule has 0 amide bonds. The molecule has 0 aromatic rings. The molecule has 0 aromatic heterocycles. The molecule has 0 saturated carbocycles. The molecule has 0 aliphatic carbocycles. The number of hydrogen-bond acceptors (Lipinski definition) is 3. The highest BCUT2D eigenvalue weighted by Crippen LogP contribution is 2.18. The Hall–Kier alpha value is -0.120. The van der Waals surface area contributed by atoms with Crippen LogP contribution in [0.15, 0.2) is 0 Å². The summed E-state index contributed by atoms with van der Waals surface area (Å²) < 4.78 is 5.74. The molecule has 1 N–H and O–H groups in total. The van der Waals surface area contributed by atoms with Crippen LogP contribution in [0.5, 0.6) is 0 Å². The van der Waals surface area contributed by atoms with Gasteiger partial charge in [0.1, 0.15) is 0 Å². The van der Waals surface area contributed by atoms with Crippen molar-refractivity contribution in [1.82, 2.24) is 10.2 Å². The van der Waals surface area contributed by atoms with Crippen LogP contribution in [0.2, 0.25) is 0 Å². The van der Waals surface area contributed by atoms with E-state index < -0.39 is 0 Å². The fraction of sp³-hybridized carbons (Fsp3) is 1.00. The number of rotatable bonds is 9. The summed E-state index contributed by atoms with van der Waals surface area (Å²) in [4.78, 5) is 2.64. The van der Waals surface area contributed by atoms with E-state index in [1.807, 2.05) is 0 Å². The Morgan fingerprint density at radius 3 is 2.53 bits per heavy atom. The SMILES string of the molecule is CCCNC1CCOCC1N(CC)CC(CC)CC. The summed E-state index contributed by atoms with van der Waals surface area (Å²) >= 11 is 0. The molecular weight excluding hydrogens is 236 g/mol. The molecule has 2 unspecified atom stereocenters. The molecule has 1 heterocycles. The Bertz CT molecular complexity index is 219. The lowest BCUT2D eigenvalue weighted by Gasteiger charge is -2.41. The van der Waals surface area contributed by atoms with Gasteiger partial charge in [-0.15, -0.1) is 0 Å². The van der Waals surface area contributed by atoms with Crippen LogP contribution in [-0.4, -0.2) is 49.8 Å². The topological polar surface area (TPSA) is 24.5 Å². The highest BCUT2D eigenvalue weighted by Gasteiger charge is 2.30. The Balaban J connectivity index is 2.58. The van der Waals surface area contributed by atoms with E-state index in [1.165, 1.54) is 25.8 Å². The first kappa shape index (κ1) is 16.9. The number of ether oxygens (including phenoxy) is 1. The van der Waals surface area contributed by atoms with E-state index in [4.69, 9.17) is 4.74 Å². The van der Waals surface area contributed by atoms with Crippen molar-refractivity contribution in [3.63, 3.8) is 0 Å². The van der Waals surface area contributed by atoms with Gasteiger partial charge in [-0.1, -0.05) is 40.5 Å². The van der Waals surface area contributed by atoms with Crippen molar-refractivity contribution in [2.45, 2.75) is 65.5 Å². The van der Waals surface area contributed by atoms with Gasteiger partial charge in [0.2, 0.25) is 0 Å². The molecule has 1 aliphatic rings. The quantitative estimate of drug-likeness (QED) is 0.697. The Morgan fingerprint density at radius 1 is 1.21 bits per heavy atom. The van der Waals surface area contributed by atoms with E-state index in [2.05, 4.69) is 37.9 Å². The minimum absolute atomic E-state index is 0.561. The minimum atomic E-state index is 0.561. The van der Waals surface area contributed by atoms with Gasteiger partial charge >= 0.3 is 0 Å². The zero-order valence-corrected chi connectivity index (χ0v) is 13.5. The fourth-order valence-electron chi connectivity index (χ4n) is 3.03. The molecule has 1 rings (SSSR count). The summed E-state index contributed by atoms with van der Waals surface area (Å²) in [6.45, 7) is 14.4. The Morgan fingerprint density at radius 2 is 1.95 bits per heavy atom. The predicted molar refractivity (Wildman–Crippen MR) is 82.6 cm³/mol. The number of likely N-dealkylation sites (N-methyl/N-ethyl adjacent to an activating group) is 1. The monoisotopic (exact) mass is 270 g/mol. The van der Waals surface area contributed by atoms with Gasteiger partial charge in [-0.2, -0.15) is 0 Å². The first-order chi connectivity index (χ1) is 9.26. The van der Waals surface area contributed by atoms with Crippen molar-refractivity contribution in [3.8, 4) is 0 Å². The van der Waals surface area contributed by atoms with Crippen molar-refractivity contribution in [2.24, 2.45) is 5.92 Å². The van der Waals surface area contributed by atoms with Gasteiger partial charge in [0.25, 0.3) is 0 Å². The summed E-state index contributed by atoms with van der Waals surface area (Å²) in [5.74, 6) is 0.828. The second-order valence-corrected chi connectivity index (χ2v) is 5.76. The van der Waals surface area contributed by atoms with Crippen molar-refractivity contribution in [2.75, 3.05) is 32.8 Å². The van der Waals surface area contributed by atoms with Gasteiger partial charge in [0.15, 0.2) is 0 Å². The van der Waals surface area contributed by atoms with Gasteiger partial charge in [-0.25, -0.2) is 0 Å². The molecule has 3 nitrogen and oxygen atoms in total. The molecule has 1 saturated heterocycles. The van der Waals surface area contributed by atoms with Crippen LogP contribution >= 0.6 is 0 Å². The number of nitrogens with one attached hydrogen (secondary N) is 1. The van der Waals surface area contributed by atoms with Crippen LogP contribution in [0.25, 0.3) is 0 Å². The van der Waals surface area contributed by atoms with Crippen molar-refractivity contribution in [3.05, 3.63) is 0 Å². The molecule has 0 radical (unpaired) electrons. The smallest absolute Gasteiger partial charge is 0.0637 e. The number of nitrogens with zero attached hydrogens (tertiary/aromatic N) is 1. The summed E-state index contributed by atoms with van der Waals surface area (Å²) in [5.41, 5.74) is 0. The van der Waals surface area contributed by atoms with Crippen molar-refractivity contribution in [1.29, 1.82) is 0 Å². The molecule has 0 spiro atoms. The molecule has 114 valence electrons. The standard InChI is InChI=1S/C16H34N2O/c1-5-10-17-15-9-11-19-13-16(15)18(8-4)12-14(6-2)7-3/h14-17H,5-13H2,1-4H3. The van der Waals surface area contributed by atoms with E-state index in [0.717, 1.165) is 38.6 Å². The highest BCUT2D eigenvalue weighted by atomic mass is 16.5. The second kappa shape index (κ2) is 9.73. The van der Waals surface area contributed by atoms with Gasteiger partial charge in [0.05, 0.1) is 6.61 Å². The van der Waals surface area contributed by atoms with Crippen LogP contribution in [-0.2, 0) is 4.74 Å². The maximum atomic E-state index is 5.74. The Labute approximate surface area is 120 Å².